The Kier molecular flexibility index (Phi) is 3.19. The van der Waals surface area contributed by atoms with Crippen molar-refractivity contribution >= 4 is 5.97 Å². The second-order valence-corrected chi connectivity index (χ2v) is 3.91. The van der Waals surface area contributed by atoms with Crippen molar-refractivity contribution in [1.82, 2.24) is 4.98 Å². The number of hydrogen-bond donors (Lipinski definition) is 1. The number of carboxylic acid groups (broad SMARTS) is 1. The van der Waals surface area contributed by atoms with Crippen LogP contribution in [0, 0.1) is 0 Å². The van der Waals surface area contributed by atoms with Crippen LogP contribution in [0.15, 0.2) is 48.7 Å². The number of hydrogen-bond acceptors (Lipinski definition) is 2. The zero-order valence-electron chi connectivity index (χ0n) is 9.50. The maximum atomic E-state index is 10.7. The molecule has 1 atom stereocenters. The van der Waals surface area contributed by atoms with E-state index in [0.717, 1.165) is 5.69 Å². The minimum Gasteiger partial charge on any atom is -0.478 e. The molecule has 1 heterocycles. The van der Waals surface area contributed by atoms with E-state index in [0.29, 0.717) is 0 Å². The van der Waals surface area contributed by atoms with Gasteiger partial charge in [-0.1, -0.05) is 37.3 Å². The van der Waals surface area contributed by atoms with Gasteiger partial charge in [-0.25, -0.2) is 4.79 Å². The van der Waals surface area contributed by atoms with Gasteiger partial charge in [-0.05, 0) is 17.7 Å². The zero-order chi connectivity index (χ0) is 12.3. The Morgan fingerprint density at radius 2 is 1.88 bits per heavy atom. The van der Waals surface area contributed by atoms with Crippen LogP contribution < -0.4 is 0 Å². The summed E-state index contributed by atoms with van der Waals surface area (Å²) in [6.07, 6.45) is 1.40. The Balaban J connectivity index is 2.26. The maximum Gasteiger partial charge on any atom is 0.337 e. The van der Waals surface area contributed by atoms with Crippen LogP contribution in [0.25, 0.3) is 0 Å². The van der Waals surface area contributed by atoms with Crippen molar-refractivity contribution in [3.8, 4) is 0 Å². The van der Waals surface area contributed by atoms with Crippen molar-refractivity contribution in [2.45, 2.75) is 12.8 Å². The average Bonchev–Trinajstić information content (AvgIpc) is 2.39. The quantitative estimate of drug-likeness (QED) is 0.877. The van der Waals surface area contributed by atoms with E-state index < -0.39 is 5.97 Å². The van der Waals surface area contributed by atoms with E-state index >= 15 is 0 Å². The van der Waals surface area contributed by atoms with E-state index in [-0.39, 0.29) is 11.5 Å². The number of carbonyl (C=O) groups is 1. The summed E-state index contributed by atoms with van der Waals surface area (Å²) in [5.74, 6) is -0.782. The number of nitrogens with zero attached hydrogens (tertiary/aromatic N) is 1. The van der Waals surface area contributed by atoms with Gasteiger partial charge in [-0.3, -0.25) is 4.98 Å². The molecule has 1 aromatic heterocycles. The van der Waals surface area contributed by atoms with Gasteiger partial charge in [0.25, 0.3) is 0 Å². The lowest BCUT2D eigenvalue weighted by Gasteiger charge is -2.11. The highest BCUT2D eigenvalue weighted by molar-refractivity contribution is 5.87. The van der Waals surface area contributed by atoms with Crippen molar-refractivity contribution in [1.29, 1.82) is 0 Å². The summed E-state index contributed by atoms with van der Waals surface area (Å²) in [5.41, 5.74) is 2.26. The minimum absolute atomic E-state index is 0.166. The van der Waals surface area contributed by atoms with Gasteiger partial charge in [0.2, 0.25) is 0 Å². The lowest BCUT2D eigenvalue weighted by Crippen LogP contribution is -2.02. The highest BCUT2D eigenvalue weighted by Gasteiger charge is 2.10. The van der Waals surface area contributed by atoms with Crippen molar-refractivity contribution in [2.75, 3.05) is 0 Å². The van der Waals surface area contributed by atoms with Gasteiger partial charge in [-0.15, -0.1) is 0 Å². The summed E-state index contributed by atoms with van der Waals surface area (Å²) in [5, 5.41) is 8.79. The van der Waals surface area contributed by atoms with E-state index in [1.807, 2.05) is 30.3 Å². The Bertz CT molecular complexity index is 506. The molecule has 0 aliphatic carbocycles. The Morgan fingerprint density at radius 3 is 2.41 bits per heavy atom. The van der Waals surface area contributed by atoms with Gasteiger partial charge in [0.15, 0.2) is 0 Å². The molecule has 2 rings (SSSR count). The average molecular weight is 227 g/mol. The van der Waals surface area contributed by atoms with Crippen LogP contribution >= 0.6 is 0 Å². The molecular formula is C14H13NO2. The number of benzene rings is 1. The lowest BCUT2D eigenvalue weighted by atomic mass is 9.97. The molecule has 1 unspecified atom stereocenters. The predicted molar refractivity (Wildman–Crippen MR) is 65.2 cm³/mol. The molecule has 0 radical (unpaired) electrons. The maximum absolute atomic E-state index is 10.7. The molecule has 1 N–H and O–H groups in total. The predicted octanol–water partition coefficient (Wildman–Crippen LogP) is 2.93. The molecule has 0 amide bonds. The fourth-order valence-corrected chi connectivity index (χ4v) is 1.70. The van der Waals surface area contributed by atoms with Crippen molar-refractivity contribution in [3.63, 3.8) is 0 Å². The number of pyridine rings is 1. The molecule has 0 spiro atoms. The first-order chi connectivity index (χ1) is 8.18. The van der Waals surface area contributed by atoms with Crippen LogP contribution in [0.5, 0.6) is 0 Å². The number of carboxylic acids is 1. The number of aromatic nitrogens is 1. The molecule has 0 fully saturated rings. The summed E-state index contributed by atoms with van der Waals surface area (Å²) in [4.78, 5) is 14.9. The van der Waals surface area contributed by atoms with Gasteiger partial charge >= 0.3 is 5.97 Å². The first-order valence-electron chi connectivity index (χ1n) is 5.42. The van der Waals surface area contributed by atoms with Gasteiger partial charge in [0.05, 0.1) is 5.56 Å². The molecule has 0 aliphatic rings. The fourth-order valence-electron chi connectivity index (χ4n) is 1.70. The van der Waals surface area contributed by atoms with E-state index in [4.69, 9.17) is 5.11 Å². The van der Waals surface area contributed by atoms with Crippen LogP contribution in [0.3, 0.4) is 0 Å². The standard InChI is InChI=1S/C14H13NO2/c1-10(11-5-3-2-4-6-11)13-8-7-12(9-15-13)14(16)17/h2-10H,1H3,(H,16,17). The van der Waals surface area contributed by atoms with Crippen molar-refractivity contribution < 1.29 is 9.90 Å². The molecule has 0 bridgehead atoms. The summed E-state index contributed by atoms with van der Waals surface area (Å²) in [6, 6.07) is 13.4. The Hall–Kier alpha value is -2.16. The first-order valence-corrected chi connectivity index (χ1v) is 5.42. The highest BCUT2D eigenvalue weighted by Crippen LogP contribution is 2.21. The van der Waals surface area contributed by atoms with E-state index in [9.17, 15) is 4.79 Å². The molecule has 0 aliphatic heterocycles. The molecule has 2 aromatic rings. The van der Waals surface area contributed by atoms with E-state index in [1.165, 1.54) is 11.8 Å². The summed E-state index contributed by atoms with van der Waals surface area (Å²) in [7, 11) is 0. The monoisotopic (exact) mass is 227 g/mol. The minimum atomic E-state index is -0.948. The number of aromatic carboxylic acids is 1. The van der Waals surface area contributed by atoms with Gasteiger partial charge in [0, 0.05) is 17.8 Å². The largest absolute Gasteiger partial charge is 0.478 e. The Morgan fingerprint density at radius 1 is 1.18 bits per heavy atom. The molecule has 1 aromatic carbocycles. The second kappa shape index (κ2) is 4.78. The van der Waals surface area contributed by atoms with Gasteiger partial charge in [0.1, 0.15) is 0 Å². The third kappa shape index (κ3) is 2.50. The fraction of sp³-hybridized carbons (Fsp3) is 0.143. The normalized spacial score (nSPS) is 12.1. The number of rotatable bonds is 3. The van der Waals surface area contributed by atoms with Gasteiger partial charge < -0.3 is 5.11 Å². The summed E-state index contributed by atoms with van der Waals surface area (Å²) in [6.45, 7) is 2.05. The smallest absolute Gasteiger partial charge is 0.337 e. The van der Waals surface area contributed by atoms with Crippen molar-refractivity contribution in [3.05, 3.63) is 65.5 Å². The zero-order valence-corrected chi connectivity index (χ0v) is 9.50. The first kappa shape index (κ1) is 11.3. The third-order valence-electron chi connectivity index (χ3n) is 2.78. The van der Waals surface area contributed by atoms with E-state index in [2.05, 4.69) is 11.9 Å². The topological polar surface area (TPSA) is 50.2 Å². The molecule has 86 valence electrons. The summed E-state index contributed by atoms with van der Waals surface area (Å²) >= 11 is 0. The van der Waals surface area contributed by atoms with Crippen LogP contribution in [-0.4, -0.2) is 16.1 Å². The molecule has 17 heavy (non-hydrogen) atoms. The van der Waals surface area contributed by atoms with Crippen LogP contribution in [-0.2, 0) is 0 Å². The van der Waals surface area contributed by atoms with Gasteiger partial charge in [-0.2, -0.15) is 0 Å². The van der Waals surface area contributed by atoms with E-state index in [1.54, 1.807) is 12.1 Å². The Labute approximate surface area is 99.8 Å². The molecular weight excluding hydrogens is 214 g/mol. The molecule has 3 heteroatoms. The highest BCUT2D eigenvalue weighted by atomic mass is 16.4. The summed E-state index contributed by atoms with van der Waals surface area (Å²) < 4.78 is 0. The van der Waals surface area contributed by atoms with Crippen LogP contribution in [0.4, 0.5) is 0 Å². The molecule has 0 saturated carbocycles. The molecule has 0 saturated heterocycles. The SMILES string of the molecule is CC(c1ccccc1)c1ccc(C(=O)O)cn1. The molecule has 3 nitrogen and oxygen atoms in total. The van der Waals surface area contributed by atoms with Crippen LogP contribution in [0.2, 0.25) is 0 Å². The van der Waals surface area contributed by atoms with Crippen LogP contribution in [0.1, 0.15) is 34.5 Å². The lowest BCUT2D eigenvalue weighted by molar-refractivity contribution is 0.0696. The van der Waals surface area contributed by atoms with Crippen molar-refractivity contribution in [2.24, 2.45) is 0 Å². The second-order valence-electron chi connectivity index (χ2n) is 3.91. The third-order valence-corrected chi connectivity index (χ3v) is 2.78.